The maximum Gasteiger partial charge on any atom is 0.159 e. The largest absolute Gasteiger partial charge is 0.456 e. The fourth-order valence-electron chi connectivity index (χ4n) is 8.99. The van der Waals surface area contributed by atoms with Crippen LogP contribution in [0.1, 0.15) is 22.6 Å². The number of benzene rings is 8. The highest BCUT2D eigenvalue weighted by atomic mass is 16.3. The van der Waals surface area contributed by atoms with Crippen LogP contribution in [0.3, 0.4) is 0 Å². The first kappa shape index (κ1) is 27.9. The van der Waals surface area contributed by atoms with E-state index in [2.05, 4.69) is 162 Å². The van der Waals surface area contributed by atoms with Crippen molar-refractivity contribution in [3.8, 4) is 27.9 Å². The molecule has 3 nitrogen and oxygen atoms in total. The lowest BCUT2D eigenvalue weighted by Gasteiger charge is -2.14. The highest BCUT2D eigenvalue weighted by molar-refractivity contribution is 6.14. The Kier molecular flexibility index (Phi) is 5.56. The molecule has 12 rings (SSSR count). The van der Waals surface area contributed by atoms with Gasteiger partial charge in [0.15, 0.2) is 5.58 Å². The summed E-state index contributed by atoms with van der Waals surface area (Å²) in [5.74, 6) is 0.190. The molecule has 0 atom stereocenters. The zero-order valence-corrected chi connectivity index (χ0v) is 28.0. The van der Waals surface area contributed by atoms with Crippen LogP contribution in [0.25, 0.3) is 93.6 Å². The van der Waals surface area contributed by atoms with Crippen molar-refractivity contribution in [3.05, 3.63) is 187 Å². The van der Waals surface area contributed by atoms with Crippen molar-refractivity contribution < 1.29 is 8.83 Å². The summed E-state index contributed by atoms with van der Waals surface area (Å²) in [6.07, 6.45) is 0. The van der Waals surface area contributed by atoms with Crippen LogP contribution >= 0.6 is 0 Å². The van der Waals surface area contributed by atoms with Gasteiger partial charge in [0.05, 0.1) is 16.7 Å². The van der Waals surface area contributed by atoms with E-state index in [1.54, 1.807) is 0 Å². The SMILES string of the molecule is c1ccc2c(c1)-c1ccccc1C2c1ccc2oc3ccc(-c4ccc5c(c4)c4ccccc4n5-c4cccc5c4oc4ccccc45)cc3c2c1. The van der Waals surface area contributed by atoms with Crippen LogP contribution in [-0.2, 0) is 0 Å². The summed E-state index contributed by atoms with van der Waals surface area (Å²) >= 11 is 0. The summed E-state index contributed by atoms with van der Waals surface area (Å²) in [7, 11) is 0. The standard InChI is InChI=1S/C49H29NO2/c1-3-14-36-32(10-1)33-11-2-4-15-37(33)48(36)31-22-25-47-41(28-31)40-27-30(21-24-46(40)51-47)29-20-23-43-39(26-29)34-12-5-7-17-42(34)50(43)44-18-9-16-38-35-13-6-8-19-45(35)52-49(38)44/h1-28,48H. The smallest absolute Gasteiger partial charge is 0.159 e. The quantitative estimate of drug-likeness (QED) is 0.188. The highest BCUT2D eigenvalue weighted by Crippen LogP contribution is 2.49. The molecule has 0 bridgehead atoms. The summed E-state index contributed by atoms with van der Waals surface area (Å²) in [5, 5.41) is 6.96. The first-order valence-electron chi connectivity index (χ1n) is 17.9. The van der Waals surface area contributed by atoms with Crippen molar-refractivity contribution >= 4 is 65.7 Å². The molecule has 0 unspecified atom stereocenters. The molecule has 0 saturated heterocycles. The minimum absolute atomic E-state index is 0.190. The number of nitrogens with zero attached hydrogens (tertiary/aromatic N) is 1. The first-order valence-corrected chi connectivity index (χ1v) is 17.9. The van der Waals surface area contributed by atoms with Crippen LogP contribution in [-0.4, -0.2) is 4.57 Å². The van der Waals surface area contributed by atoms with Gasteiger partial charge in [-0.2, -0.15) is 0 Å². The highest BCUT2D eigenvalue weighted by Gasteiger charge is 2.29. The van der Waals surface area contributed by atoms with E-state index in [0.717, 1.165) is 66.2 Å². The molecular formula is C49H29NO2. The average Bonchev–Trinajstić information content (AvgIpc) is 3.95. The molecule has 8 aromatic carbocycles. The van der Waals surface area contributed by atoms with Crippen molar-refractivity contribution in [1.29, 1.82) is 0 Å². The Hall–Kier alpha value is -6.84. The van der Waals surface area contributed by atoms with E-state index in [1.807, 2.05) is 12.1 Å². The van der Waals surface area contributed by atoms with E-state index in [0.29, 0.717) is 0 Å². The summed E-state index contributed by atoms with van der Waals surface area (Å²) in [5.41, 5.74) is 16.0. The van der Waals surface area contributed by atoms with Gasteiger partial charge in [0.25, 0.3) is 0 Å². The van der Waals surface area contributed by atoms with Crippen LogP contribution in [0.5, 0.6) is 0 Å². The summed E-state index contributed by atoms with van der Waals surface area (Å²) in [4.78, 5) is 0. The number of rotatable bonds is 3. The molecule has 11 aromatic rings. The van der Waals surface area contributed by atoms with Gasteiger partial charge in [-0.25, -0.2) is 0 Å². The summed E-state index contributed by atoms with van der Waals surface area (Å²) in [6, 6.07) is 61.3. The van der Waals surface area contributed by atoms with E-state index in [4.69, 9.17) is 8.83 Å². The van der Waals surface area contributed by atoms with Crippen LogP contribution < -0.4 is 0 Å². The Morgan fingerprint density at radius 3 is 1.81 bits per heavy atom. The third-order valence-electron chi connectivity index (χ3n) is 11.3. The fourth-order valence-corrected chi connectivity index (χ4v) is 8.99. The third-order valence-corrected chi connectivity index (χ3v) is 11.3. The Bertz CT molecular complexity index is 3220. The van der Waals surface area contributed by atoms with E-state index in [1.165, 1.54) is 44.2 Å². The number of hydrogen-bond acceptors (Lipinski definition) is 2. The van der Waals surface area contributed by atoms with Gasteiger partial charge in [-0.1, -0.05) is 115 Å². The van der Waals surface area contributed by atoms with Crippen molar-refractivity contribution in [1.82, 2.24) is 4.57 Å². The van der Waals surface area contributed by atoms with Crippen LogP contribution in [0.2, 0.25) is 0 Å². The number of hydrogen-bond donors (Lipinski definition) is 0. The molecule has 242 valence electrons. The first-order chi connectivity index (χ1) is 25.8. The number of fused-ring (bicyclic) bond motifs is 12. The van der Waals surface area contributed by atoms with Crippen LogP contribution in [0.4, 0.5) is 0 Å². The van der Waals surface area contributed by atoms with Gasteiger partial charge in [0.1, 0.15) is 16.7 Å². The van der Waals surface area contributed by atoms with Gasteiger partial charge in [0.2, 0.25) is 0 Å². The minimum Gasteiger partial charge on any atom is -0.456 e. The van der Waals surface area contributed by atoms with Crippen LogP contribution in [0.15, 0.2) is 179 Å². The average molecular weight is 664 g/mol. The van der Waals surface area contributed by atoms with Gasteiger partial charge in [-0.05, 0) is 93.5 Å². The van der Waals surface area contributed by atoms with E-state index < -0.39 is 0 Å². The monoisotopic (exact) mass is 663 g/mol. The number of furan rings is 2. The normalized spacial score (nSPS) is 12.9. The zero-order valence-electron chi connectivity index (χ0n) is 28.0. The van der Waals surface area contributed by atoms with Gasteiger partial charge < -0.3 is 13.4 Å². The van der Waals surface area contributed by atoms with Gasteiger partial charge in [-0.15, -0.1) is 0 Å². The second-order valence-corrected chi connectivity index (χ2v) is 14.0. The molecule has 3 aromatic heterocycles. The molecule has 0 saturated carbocycles. The molecule has 52 heavy (non-hydrogen) atoms. The summed E-state index contributed by atoms with van der Waals surface area (Å²) in [6.45, 7) is 0. The Balaban J connectivity index is 1.02. The molecule has 0 spiro atoms. The van der Waals surface area contributed by atoms with Gasteiger partial charge >= 0.3 is 0 Å². The zero-order chi connectivity index (χ0) is 33.9. The molecule has 0 fully saturated rings. The molecule has 0 radical (unpaired) electrons. The van der Waals surface area contributed by atoms with E-state index in [-0.39, 0.29) is 5.92 Å². The molecule has 0 aliphatic heterocycles. The van der Waals surface area contributed by atoms with Gasteiger partial charge in [-0.3, -0.25) is 0 Å². The van der Waals surface area contributed by atoms with E-state index >= 15 is 0 Å². The fraction of sp³-hybridized carbons (Fsp3) is 0.0204. The van der Waals surface area contributed by atoms with Crippen LogP contribution in [0, 0.1) is 0 Å². The maximum atomic E-state index is 6.51. The second-order valence-electron chi connectivity index (χ2n) is 14.0. The van der Waals surface area contributed by atoms with Crippen molar-refractivity contribution in [2.24, 2.45) is 0 Å². The number of para-hydroxylation sites is 3. The molecule has 0 amide bonds. The molecule has 1 aliphatic rings. The van der Waals surface area contributed by atoms with Crippen molar-refractivity contribution in [2.45, 2.75) is 5.92 Å². The lowest BCUT2D eigenvalue weighted by molar-refractivity contribution is 0.666. The third kappa shape index (κ3) is 3.80. The molecule has 3 heterocycles. The van der Waals surface area contributed by atoms with Crippen molar-refractivity contribution in [2.75, 3.05) is 0 Å². The van der Waals surface area contributed by atoms with Gasteiger partial charge in [0, 0.05) is 38.2 Å². The maximum absolute atomic E-state index is 6.51. The predicted octanol–water partition coefficient (Wildman–Crippen LogP) is 13.4. The molecule has 1 aliphatic carbocycles. The Morgan fingerprint density at radius 2 is 0.981 bits per heavy atom. The molecular weight excluding hydrogens is 635 g/mol. The van der Waals surface area contributed by atoms with Crippen molar-refractivity contribution in [3.63, 3.8) is 0 Å². The Morgan fingerprint density at radius 1 is 0.385 bits per heavy atom. The minimum atomic E-state index is 0.190. The number of aromatic nitrogens is 1. The lowest BCUT2D eigenvalue weighted by atomic mass is 9.88. The lowest BCUT2D eigenvalue weighted by Crippen LogP contribution is -1.98. The molecule has 3 heteroatoms. The molecule has 0 N–H and O–H groups in total. The Labute approximate surface area is 298 Å². The predicted molar refractivity (Wildman–Crippen MR) is 214 cm³/mol. The van der Waals surface area contributed by atoms with E-state index in [9.17, 15) is 0 Å². The topological polar surface area (TPSA) is 31.2 Å². The second kappa shape index (κ2) is 10.3. The summed E-state index contributed by atoms with van der Waals surface area (Å²) < 4.78 is 15.3.